The summed E-state index contributed by atoms with van der Waals surface area (Å²) in [6.45, 7) is -0.359. The van der Waals surface area contributed by atoms with Crippen LogP contribution >= 0.6 is 0 Å². The normalized spacial score (nSPS) is 11.8. The maximum atomic E-state index is 13.0. The van der Waals surface area contributed by atoms with Crippen molar-refractivity contribution in [1.29, 1.82) is 0 Å². The van der Waals surface area contributed by atoms with Crippen LogP contribution in [0.25, 0.3) is 11.1 Å². The first-order valence-electron chi connectivity index (χ1n) is 10.7. The summed E-state index contributed by atoms with van der Waals surface area (Å²) in [6, 6.07) is 13.9. The van der Waals surface area contributed by atoms with Gasteiger partial charge in [-0.1, -0.05) is 29.4 Å². The Kier molecular flexibility index (Phi) is 7.32. The van der Waals surface area contributed by atoms with Crippen molar-refractivity contribution in [2.75, 3.05) is 5.73 Å². The number of nitrogen functional groups attached to an aromatic ring is 1. The first-order valence-corrected chi connectivity index (χ1v) is 12.3. The molecule has 0 radical (unpaired) electrons. The summed E-state index contributed by atoms with van der Waals surface area (Å²) in [5.74, 6) is 3.93. The zero-order chi connectivity index (χ0) is 27.5. The van der Waals surface area contributed by atoms with Crippen LogP contribution in [0.2, 0.25) is 0 Å². The third kappa shape index (κ3) is 6.43. The van der Waals surface area contributed by atoms with Crippen LogP contribution in [0.1, 0.15) is 22.1 Å². The minimum Gasteiger partial charge on any atom is -0.406 e. The molecule has 38 heavy (non-hydrogen) atoms. The van der Waals surface area contributed by atoms with Gasteiger partial charge in [-0.15, -0.1) is 13.2 Å². The quantitative estimate of drug-likeness (QED) is 0.144. The van der Waals surface area contributed by atoms with Gasteiger partial charge in [0.15, 0.2) is 10.9 Å². The number of carbonyl (C=O) groups excluding carboxylic acids is 1. The summed E-state index contributed by atoms with van der Waals surface area (Å²) in [5.41, 5.74) is 7.03. The zero-order valence-electron chi connectivity index (χ0n) is 19.3. The molecule has 0 saturated heterocycles. The molecule has 4 aromatic rings. The van der Waals surface area contributed by atoms with E-state index in [0.717, 1.165) is 17.1 Å². The molecule has 4 rings (SSSR count). The third-order valence-corrected chi connectivity index (χ3v) is 6.57. The zero-order valence-corrected chi connectivity index (χ0v) is 20.1. The number of halogens is 3. The predicted octanol–water partition coefficient (Wildman–Crippen LogP) is 3.10. The number of alkyl halides is 3. The van der Waals surface area contributed by atoms with E-state index < -0.39 is 33.6 Å². The molecule has 4 N–H and O–H groups in total. The number of pyridine rings is 1. The average molecular weight is 549 g/mol. The number of aromatic nitrogens is 3. The molecule has 0 atom stereocenters. The van der Waals surface area contributed by atoms with Crippen molar-refractivity contribution in [2.24, 2.45) is 5.84 Å². The number of carbonyl (C=O) groups is 1. The van der Waals surface area contributed by atoms with Crippen molar-refractivity contribution >= 4 is 21.4 Å². The van der Waals surface area contributed by atoms with Gasteiger partial charge in [-0.3, -0.25) is 9.80 Å². The molecule has 11 nitrogen and oxygen atoms in total. The Hall–Kier alpha value is -4.50. The van der Waals surface area contributed by atoms with Gasteiger partial charge in [0.25, 0.3) is 5.91 Å². The van der Waals surface area contributed by atoms with Crippen molar-refractivity contribution in [2.45, 2.75) is 23.7 Å². The lowest BCUT2D eigenvalue weighted by Gasteiger charge is -2.16. The molecule has 2 aromatic heterocycles. The van der Waals surface area contributed by atoms with Crippen molar-refractivity contribution in [3.05, 3.63) is 84.1 Å². The molecule has 2 aromatic carbocycles. The Morgan fingerprint density at radius 1 is 1.05 bits per heavy atom. The van der Waals surface area contributed by atoms with Crippen molar-refractivity contribution in [3.8, 4) is 16.9 Å². The Bertz CT molecular complexity index is 1540. The Morgan fingerprint density at radius 2 is 1.76 bits per heavy atom. The van der Waals surface area contributed by atoms with Gasteiger partial charge < -0.3 is 15.0 Å². The fourth-order valence-electron chi connectivity index (χ4n) is 3.33. The lowest BCUT2D eigenvalue weighted by atomic mass is 10.0. The largest absolute Gasteiger partial charge is 0.573 e. The van der Waals surface area contributed by atoms with Crippen LogP contribution in [0, 0.1) is 0 Å². The van der Waals surface area contributed by atoms with Crippen molar-refractivity contribution < 1.29 is 35.6 Å². The van der Waals surface area contributed by atoms with Gasteiger partial charge in [-0.25, -0.2) is 19.2 Å². The molecule has 0 fully saturated rings. The topological polar surface area (TPSA) is 168 Å². The van der Waals surface area contributed by atoms with Crippen LogP contribution in [0.3, 0.4) is 0 Å². The number of hydrogen-bond donors (Lipinski definition) is 2. The number of hydrogen-bond acceptors (Lipinski definition) is 10. The van der Waals surface area contributed by atoms with Gasteiger partial charge in [-0.2, -0.15) is 4.98 Å². The fourth-order valence-corrected chi connectivity index (χ4v) is 4.44. The highest BCUT2D eigenvalue weighted by Crippen LogP contribution is 2.28. The Balaban J connectivity index is 1.46. The van der Waals surface area contributed by atoms with E-state index in [0.29, 0.717) is 11.1 Å². The number of rotatable bonds is 8. The number of benzene rings is 2. The fraction of sp³-hybridized carbons (Fsp3) is 0.130. The second-order valence-corrected chi connectivity index (χ2v) is 9.78. The number of hydrazine groups is 1. The van der Waals surface area contributed by atoms with Crippen molar-refractivity contribution in [3.63, 3.8) is 0 Å². The lowest BCUT2D eigenvalue weighted by Crippen LogP contribution is -2.37. The van der Waals surface area contributed by atoms with E-state index >= 15 is 0 Å². The number of nitrogens with zero attached hydrogens (tertiary/aromatic N) is 4. The number of anilines is 1. The maximum absolute atomic E-state index is 13.0. The van der Waals surface area contributed by atoms with E-state index in [1.54, 1.807) is 12.1 Å². The van der Waals surface area contributed by atoms with E-state index in [1.165, 1.54) is 42.6 Å². The summed E-state index contributed by atoms with van der Waals surface area (Å²) in [6.07, 6.45) is -3.48. The van der Waals surface area contributed by atoms with Crippen LogP contribution in [-0.2, 0) is 22.1 Å². The molecule has 0 aliphatic carbocycles. The molecule has 15 heteroatoms. The van der Waals surface area contributed by atoms with E-state index in [-0.39, 0.29) is 34.5 Å². The van der Waals surface area contributed by atoms with Gasteiger partial charge >= 0.3 is 6.36 Å². The van der Waals surface area contributed by atoms with Crippen LogP contribution in [-0.4, -0.2) is 40.8 Å². The number of amides is 1. The van der Waals surface area contributed by atoms with Crippen LogP contribution in [0.5, 0.6) is 5.75 Å². The SMILES string of the molecule is Nc1ccc(-c2ccc(OC(F)(F)F)cc2)cc1C(=O)N(N)Cc1nc(CS(=O)(=O)c2ccccn2)no1. The first-order chi connectivity index (χ1) is 17.9. The highest BCUT2D eigenvalue weighted by molar-refractivity contribution is 7.90. The van der Waals surface area contributed by atoms with Gasteiger partial charge in [0, 0.05) is 11.9 Å². The minimum absolute atomic E-state index is 0.0121. The third-order valence-electron chi connectivity index (χ3n) is 5.06. The molecule has 0 aliphatic heterocycles. The Labute approximate surface area is 213 Å². The van der Waals surface area contributed by atoms with E-state index in [4.69, 9.17) is 16.1 Å². The highest BCUT2D eigenvalue weighted by atomic mass is 32.2. The minimum atomic E-state index is -4.82. The Morgan fingerprint density at radius 3 is 2.42 bits per heavy atom. The lowest BCUT2D eigenvalue weighted by molar-refractivity contribution is -0.274. The second kappa shape index (κ2) is 10.5. The molecule has 1 amide bonds. The average Bonchev–Trinajstić information content (AvgIpc) is 3.30. The van der Waals surface area contributed by atoms with Crippen LogP contribution in [0.15, 0.2) is 76.4 Å². The molecule has 0 saturated carbocycles. The van der Waals surface area contributed by atoms with E-state index in [9.17, 15) is 26.4 Å². The molecular formula is C23H19F3N6O5S. The predicted molar refractivity (Wildman–Crippen MR) is 126 cm³/mol. The highest BCUT2D eigenvalue weighted by Gasteiger charge is 2.31. The molecule has 198 valence electrons. The molecule has 0 bridgehead atoms. The molecule has 2 heterocycles. The number of sulfone groups is 1. The standard InChI is InChI=1S/C23H19F3N6O5S/c24-23(25,26)36-16-7-4-14(5-8-16)15-6-9-18(27)17(11-15)22(33)32(28)12-20-30-19(31-37-20)13-38(34,35)21-3-1-2-10-29-21/h1-11H,12-13,27-28H2. The molecule has 0 unspecified atom stereocenters. The smallest absolute Gasteiger partial charge is 0.406 e. The molecular weight excluding hydrogens is 529 g/mol. The summed E-state index contributed by atoms with van der Waals surface area (Å²) >= 11 is 0. The summed E-state index contributed by atoms with van der Waals surface area (Å²) in [5, 5.41) is 4.22. The maximum Gasteiger partial charge on any atom is 0.573 e. The number of nitrogens with two attached hydrogens (primary N) is 2. The monoisotopic (exact) mass is 548 g/mol. The van der Waals surface area contributed by atoms with Gasteiger partial charge in [0.2, 0.25) is 15.7 Å². The van der Waals surface area contributed by atoms with Gasteiger partial charge in [-0.05, 0) is 47.5 Å². The van der Waals surface area contributed by atoms with E-state index in [1.807, 2.05) is 0 Å². The van der Waals surface area contributed by atoms with Gasteiger partial charge in [0.1, 0.15) is 18.0 Å². The van der Waals surface area contributed by atoms with Gasteiger partial charge in [0.05, 0.1) is 5.56 Å². The first kappa shape index (κ1) is 26.6. The van der Waals surface area contributed by atoms with Crippen LogP contribution in [0.4, 0.5) is 18.9 Å². The summed E-state index contributed by atoms with van der Waals surface area (Å²) in [4.78, 5) is 20.7. The second-order valence-electron chi connectivity index (χ2n) is 7.84. The molecule has 0 spiro atoms. The number of ether oxygens (including phenoxy) is 1. The van der Waals surface area contributed by atoms with Crippen molar-refractivity contribution in [1.82, 2.24) is 20.1 Å². The van der Waals surface area contributed by atoms with Crippen LogP contribution < -0.4 is 16.3 Å². The summed E-state index contributed by atoms with van der Waals surface area (Å²) < 4.78 is 71.0. The molecule has 0 aliphatic rings. The van der Waals surface area contributed by atoms with E-state index in [2.05, 4.69) is 19.9 Å². The summed E-state index contributed by atoms with van der Waals surface area (Å²) in [7, 11) is -3.82.